The zero-order chi connectivity index (χ0) is 11.1. The van der Waals surface area contributed by atoms with Gasteiger partial charge in [-0.3, -0.25) is 0 Å². The van der Waals surface area contributed by atoms with Gasteiger partial charge in [0.05, 0.1) is 0 Å². The third-order valence-electron chi connectivity index (χ3n) is 3.02. The van der Waals surface area contributed by atoms with Crippen LogP contribution in [0.5, 0.6) is 0 Å². The Kier molecular flexibility index (Phi) is 2.52. The van der Waals surface area contributed by atoms with E-state index in [1.807, 2.05) is 4.52 Å². The van der Waals surface area contributed by atoms with Crippen LogP contribution in [0.1, 0.15) is 36.0 Å². The normalized spacial score (nSPS) is 15.3. The minimum atomic E-state index is 0.885. The van der Waals surface area contributed by atoms with E-state index < -0.39 is 0 Å². The van der Waals surface area contributed by atoms with Gasteiger partial charge < -0.3 is 0 Å². The first-order valence-corrected chi connectivity index (χ1v) is 6.92. The summed E-state index contributed by atoms with van der Waals surface area (Å²) in [5.74, 6) is 0. The molecule has 0 aromatic carbocycles. The van der Waals surface area contributed by atoms with Gasteiger partial charge in [-0.2, -0.15) is 9.61 Å². The summed E-state index contributed by atoms with van der Waals surface area (Å²) in [5.41, 5.74) is 2.47. The first-order valence-electron chi connectivity index (χ1n) is 5.70. The smallest absolute Gasteiger partial charge is 0.213 e. The van der Waals surface area contributed by atoms with Gasteiger partial charge in [0.2, 0.25) is 4.96 Å². The van der Waals surface area contributed by atoms with Gasteiger partial charge in [0.25, 0.3) is 0 Å². The molecule has 3 rings (SSSR count). The third-order valence-corrected chi connectivity index (χ3v) is 4.50. The molecule has 0 fully saturated rings. The van der Waals surface area contributed by atoms with E-state index >= 15 is 0 Å². The predicted molar refractivity (Wildman–Crippen MR) is 67.7 cm³/mol. The topological polar surface area (TPSA) is 30.2 Å². The van der Waals surface area contributed by atoms with Gasteiger partial charge in [-0.05, 0) is 32.1 Å². The number of hydrogen-bond acceptors (Lipinski definition) is 4. The summed E-state index contributed by atoms with van der Waals surface area (Å²) in [7, 11) is 0. The molecule has 5 heteroatoms. The van der Waals surface area contributed by atoms with Crippen LogP contribution in [-0.4, -0.2) is 14.6 Å². The van der Waals surface area contributed by atoms with Crippen molar-refractivity contribution in [2.24, 2.45) is 0 Å². The highest BCUT2D eigenvalue weighted by Crippen LogP contribution is 2.23. The van der Waals surface area contributed by atoms with Crippen LogP contribution in [0, 0.1) is 4.64 Å². The lowest BCUT2D eigenvalue weighted by molar-refractivity contribution is 0.656. The van der Waals surface area contributed by atoms with Crippen molar-refractivity contribution >= 4 is 28.5 Å². The second kappa shape index (κ2) is 3.89. The minimum Gasteiger partial charge on any atom is -0.224 e. The van der Waals surface area contributed by atoms with Crippen LogP contribution in [-0.2, 0) is 19.3 Å². The molecule has 1 aliphatic rings. The van der Waals surface area contributed by atoms with Crippen LogP contribution in [0.2, 0.25) is 0 Å². The first kappa shape index (κ1) is 10.4. The highest BCUT2D eigenvalue weighted by Gasteiger charge is 2.16. The van der Waals surface area contributed by atoms with Gasteiger partial charge in [0, 0.05) is 11.3 Å². The summed E-state index contributed by atoms with van der Waals surface area (Å²) in [5, 5.41) is 5.62. The van der Waals surface area contributed by atoms with Crippen LogP contribution in [0.3, 0.4) is 0 Å². The maximum Gasteiger partial charge on any atom is 0.213 e. The molecule has 0 amide bonds. The zero-order valence-electron chi connectivity index (χ0n) is 9.19. The molecule has 16 heavy (non-hydrogen) atoms. The van der Waals surface area contributed by atoms with Gasteiger partial charge in [0.15, 0.2) is 0 Å². The highest BCUT2D eigenvalue weighted by molar-refractivity contribution is 7.71. The molecule has 2 aromatic heterocycles. The molecule has 84 valence electrons. The summed E-state index contributed by atoms with van der Waals surface area (Å²) in [6, 6.07) is 0. The molecular formula is C11H13N3S2. The number of aromatic nitrogens is 3. The van der Waals surface area contributed by atoms with Crippen molar-refractivity contribution in [3.63, 3.8) is 0 Å². The largest absolute Gasteiger partial charge is 0.224 e. The summed E-state index contributed by atoms with van der Waals surface area (Å²) in [6.45, 7) is 2.11. The fraction of sp³-hybridized carbons (Fsp3) is 0.545. The van der Waals surface area contributed by atoms with Crippen molar-refractivity contribution in [1.29, 1.82) is 0 Å². The van der Waals surface area contributed by atoms with Crippen molar-refractivity contribution in [3.05, 3.63) is 20.9 Å². The SMILES string of the molecule is CCc1nn2c(=S)c3c(nc2s1)CCCC3. The average molecular weight is 251 g/mol. The highest BCUT2D eigenvalue weighted by atomic mass is 32.1. The van der Waals surface area contributed by atoms with Gasteiger partial charge >= 0.3 is 0 Å². The Bertz CT molecular complexity index is 597. The second-order valence-corrected chi connectivity index (χ2v) is 5.52. The van der Waals surface area contributed by atoms with Crippen molar-refractivity contribution in [2.75, 3.05) is 0 Å². The van der Waals surface area contributed by atoms with Crippen LogP contribution >= 0.6 is 23.6 Å². The van der Waals surface area contributed by atoms with E-state index in [-0.39, 0.29) is 0 Å². The molecule has 0 bridgehead atoms. The Labute approximate surface area is 103 Å². The standard InChI is InChI=1S/C11H13N3S2/c1-2-9-13-14-10(15)7-5-3-4-6-8(7)12-11(14)16-9/h2-6H2,1H3. The molecular weight excluding hydrogens is 238 g/mol. The Balaban J connectivity index is 2.32. The third kappa shape index (κ3) is 1.50. The lowest BCUT2D eigenvalue weighted by Crippen LogP contribution is -2.09. The average Bonchev–Trinajstić information content (AvgIpc) is 2.73. The summed E-state index contributed by atoms with van der Waals surface area (Å²) in [4.78, 5) is 5.66. The molecule has 2 aromatic rings. The zero-order valence-corrected chi connectivity index (χ0v) is 10.8. The number of rotatable bonds is 1. The fourth-order valence-corrected chi connectivity index (χ4v) is 3.41. The predicted octanol–water partition coefficient (Wildman–Crippen LogP) is 2.96. The Morgan fingerprint density at radius 2 is 2.19 bits per heavy atom. The summed E-state index contributed by atoms with van der Waals surface area (Å²) < 4.78 is 2.74. The van der Waals surface area contributed by atoms with Crippen LogP contribution in [0.15, 0.2) is 0 Å². The van der Waals surface area contributed by atoms with Crippen LogP contribution < -0.4 is 0 Å². The second-order valence-electron chi connectivity index (χ2n) is 4.09. The molecule has 3 nitrogen and oxygen atoms in total. The van der Waals surface area contributed by atoms with Crippen LogP contribution in [0.4, 0.5) is 0 Å². The van der Waals surface area contributed by atoms with E-state index in [0.717, 1.165) is 33.9 Å². The van der Waals surface area contributed by atoms with E-state index in [1.165, 1.54) is 24.1 Å². The molecule has 0 saturated heterocycles. The number of nitrogens with zero attached hydrogens (tertiary/aromatic N) is 3. The Morgan fingerprint density at radius 1 is 1.38 bits per heavy atom. The van der Waals surface area contributed by atoms with E-state index in [1.54, 1.807) is 11.3 Å². The molecule has 0 N–H and O–H groups in total. The lowest BCUT2D eigenvalue weighted by atomic mass is 9.98. The Hall–Kier alpha value is -0.810. The fourth-order valence-electron chi connectivity index (χ4n) is 2.16. The number of aryl methyl sites for hydroxylation is 2. The van der Waals surface area contributed by atoms with E-state index in [2.05, 4.69) is 12.0 Å². The first-order chi connectivity index (χ1) is 7.79. The van der Waals surface area contributed by atoms with Gasteiger partial charge in [-0.25, -0.2) is 4.98 Å². The molecule has 0 spiro atoms. The molecule has 2 heterocycles. The molecule has 0 aliphatic heterocycles. The van der Waals surface area contributed by atoms with Crippen molar-refractivity contribution < 1.29 is 0 Å². The van der Waals surface area contributed by atoms with Gasteiger partial charge in [-0.1, -0.05) is 30.5 Å². The molecule has 0 saturated carbocycles. The van der Waals surface area contributed by atoms with E-state index in [9.17, 15) is 0 Å². The maximum absolute atomic E-state index is 5.51. The molecule has 0 radical (unpaired) electrons. The Morgan fingerprint density at radius 3 is 3.00 bits per heavy atom. The summed E-state index contributed by atoms with van der Waals surface area (Å²) in [6.07, 6.45) is 5.57. The monoisotopic (exact) mass is 251 g/mol. The minimum absolute atomic E-state index is 0.885. The van der Waals surface area contributed by atoms with Crippen molar-refractivity contribution in [2.45, 2.75) is 39.0 Å². The number of fused-ring (bicyclic) bond motifs is 2. The molecule has 0 unspecified atom stereocenters. The number of hydrogen-bond donors (Lipinski definition) is 0. The maximum atomic E-state index is 5.51. The van der Waals surface area contributed by atoms with Crippen molar-refractivity contribution in [1.82, 2.24) is 14.6 Å². The van der Waals surface area contributed by atoms with E-state index in [4.69, 9.17) is 17.2 Å². The van der Waals surface area contributed by atoms with Gasteiger partial charge in [-0.15, -0.1) is 0 Å². The molecule has 1 aliphatic carbocycles. The summed E-state index contributed by atoms with van der Waals surface area (Å²) >= 11 is 7.17. The van der Waals surface area contributed by atoms with Crippen LogP contribution in [0.25, 0.3) is 4.96 Å². The van der Waals surface area contributed by atoms with Crippen molar-refractivity contribution in [3.8, 4) is 0 Å². The van der Waals surface area contributed by atoms with E-state index in [0.29, 0.717) is 0 Å². The quantitative estimate of drug-likeness (QED) is 0.730. The lowest BCUT2D eigenvalue weighted by Gasteiger charge is -2.13. The molecule has 0 atom stereocenters. The van der Waals surface area contributed by atoms with Gasteiger partial charge in [0.1, 0.15) is 9.65 Å².